The van der Waals surface area contributed by atoms with E-state index >= 15 is 0 Å². The molecule has 0 aromatic heterocycles. The molecule has 1 aliphatic rings. The van der Waals surface area contributed by atoms with E-state index in [1.807, 2.05) is 49.4 Å². The van der Waals surface area contributed by atoms with Crippen LogP contribution in [-0.2, 0) is 4.79 Å². The SMILES string of the molecule is COc1ccc(C)cc1NC(=O)CNc1cccc(OC2CCCC2)c1. The summed E-state index contributed by atoms with van der Waals surface area (Å²) in [5.74, 6) is 1.37. The first-order valence-electron chi connectivity index (χ1n) is 9.09. The molecule has 1 saturated carbocycles. The van der Waals surface area contributed by atoms with Gasteiger partial charge in [0.05, 0.1) is 25.4 Å². The van der Waals surface area contributed by atoms with E-state index in [0.29, 0.717) is 17.5 Å². The molecule has 0 bridgehead atoms. The van der Waals surface area contributed by atoms with Gasteiger partial charge in [0.1, 0.15) is 11.5 Å². The molecule has 0 unspecified atom stereocenters. The van der Waals surface area contributed by atoms with Gasteiger partial charge < -0.3 is 20.1 Å². The van der Waals surface area contributed by atoms with Crippen LogP contribution in [0.1, 0.15) is 31.2 Å². The molecule has 0 atom stereocenters. The molecule has 5 heteroatoms. The number of benzene rings is 2. The minimum atomic E-state index is -0.129. The number of carbonyl (C=O) groups excluding carboxylic acids is 1. The quantitative estimate of drug-likeness (QED) is 0.775. The van der Waals surface area contributed by atoms with Crippen molar-refractivity contribution in [2.45, 2.75) is 38.7 Å². The van der Waals surface area contributed by atoms with Crippen molar-refractivity contribution >= 4 is 17.3 Å². The number of carbonyl (C=O) groups is 1. The van der Waals surface area contributed by atoms with Gasteiger partial charge >= 0.3 is 0 Å². The van der Waals surface area contributed by atoms with Gasteiger partial charge in [-0.15, -0.1) is 0 Å². The highest BCUT2D eigenvalue weighted by Gasteiger charge is 2.16. The zero-order chi connectivity index (χ0) is 18.4. The molecule has 2 N–H and O–H groups in total. The number of nitrogens with one attached hydrogen (secondary N) is 2. The van der Waals surface area contributed by atoms with Gasteiger partial charge in [-0.2, -0.15) is 0 Å². The third-order valence-corrected chi connectivity index (χ3v) is 4.52. The predicted molar refractivity (Wildman–Crippen MR) is 104 cm³/mol. The predicted octanol–water partition coefficient (Wildman–Crippen LogP) is 4.38. The number of ether oxygens (including phenoxy) is 2. The van der Waals surface area contributed by atoms with Crippen LogP contribution in [0.4, 0.5) is 11.4 Å². The highest BCUT2D eigenvalue weighted by atomic mass is 16.5. The molecule has 5 nitrogen and oxygen atoms in total. The van der Waals surface area contributed by atoms with Gasteiger partial charge in [0, 0.05) is 11.8 Å². The number of hydrogen-bond acceptors (Lipinski definition) is 4. The molecule has 0 saturated heterocycles. The Morgan fingerprint density at radius 3 is 2.73 bits per heavy atom. The zero-order valence-electron chi connectivity index (χ0n) is 15.4. The van der Waals surface area contributed by atoms with Crippen LogP contribution in [0.15, 0.2) is 42.5 Å². The Kier molecular flexibility index (Phi) is 6.00. The van der Waals surface area contributed by atoms with Crippen molar-refractivity contribution in [3.8, 4) is 11.5 Å². The molecule has 2 aromatic rings. The van der Waals surface area contributed by atoms with Crippen LogP contribution in [0, 0.1) is 6.92 Å². The van der Waals surface area contributed by atoms with Crippen molar-refractivity contribution in [2.24, 2.45) is 0 Å². The number of aryl methyl sites for hydroxylation is 1. The summed E-state index contributed by atoms with van der Waals surface area (Å²) < 4.78 is 11.3. The largest absolute Gasteiger partial charge is 0.495 e. The minimum absolute atomic E-state index is 0.129. The van der Waals surface area contributed by atoms with E-state index in [9.17, 15) is 4.79 Å². The molecular formula is C21H26N2O3. The summed E-state index contributed by atoms with van der Waals surface area (Å²) in [6.07, 6.45) is 5.05. The van der Waals surface area contributed by atoms with Crippen LogP contribution in [-0.4, -0.2) is 25.7 Å². The first-order valence-corrected chi connectivity index (χ1v) is 9.09. The highest BCUT2D eigenvalue weighted by molar-refractivity contribution is 5.95. The summed E-state index contributed by atoms with van der Waals surface area (Å²) in [5.41, 5.74) is 2.61. The maximum Gasteiger partial charge on any atom is 0.243 e. The number of methoxy groups -OCH3 is 1. The summed E-state index contributed by atoms with van der Waals surface area (Å²) in [7, 11) is 1.59. The normalized spacial score (nSPS) is 14.1. The molecule has 1 fully saturated rings. The van der Waals surface area contributed by atoms with Gasteiger partial charge in [-0.3, -0.25) is 4.79 Å². The molecule has 0 radical (unpaired) electrons. The Hall–Kier alpha value is -2.69. The molecule has 1 amide bonds. The second-order valence-electron chi connectivity index (χ2n) is 6.66. The van der Waals surface area contributed by atoms with Gasteiger partial charge in [-0.25, -0.2) is 0 Å². The Morgan fingerprint density at radius 2 is 1.96 bits per heavy atom. The van der Waals surface area contributed by atoms with Gasteiger partial charge in [-0.05, 0) is 62.4 Å². The number of hydrogen-bond donors (Lipinski definition) is 2. The van der Waals surface area contributed by atoms with Crippen LogP contribution in [0.3, 0.4) is 0 Å². The molecule has 1 aliphatic carbocycles. The molecule has 0 heterocycles. The van der Waals surface area contributed by atoms with E-state index in [-0.39, 0.29) is 12.5 Å². The molecule has 26 heavy (non-hydrogen) atoms. The van der Waals surface area contributed by atoms with E-state index in [1.54, 1.807) is 7.11 Å². The standard InChI is InChI=1S/C21H26N2O3/c1-15-10-11-20(25-2)19(12-15)23-21(24)14-22-16-6-5-9-18(13-16)26-17-7-3-4-8-17/h5-6,9-13,17,22H,3-4,7-8,14H2,1-2H3,(H,23,24). The Labute approximate surface area is 154 Å². The van der Waals surface area contributed by atoms with Gasteiger partial charge in [0.2, 0.25) is 5.91 Å². The Balaban J connectivity index is 1.55. The van der Waals surface area contributed by atoms with E-state index in [4.69, 9.17) is 9.47 Å². The van der Waals surface area contributed by atoms with Crippen molar-refractivity contribution in [3.63, 3.8) is 0 Å². The van der Waals surface area contributed by atoms with Crippen molar-refractivity contribution in [3.05, 3.63) is 48.0 Å². The lowest BCUT2D eigenvalue weighted by molar-refractivity contribution is -0.114. The Morgan fingerprint density at radius 1 is 1.15 bits per heavy atom. The Bertz CT molecular complexity index is 755. The van der Waals surface area contributed by atoms with Crippen molar-refractivity contribution in [1.82, 2.24) is 0 Å². The monoisotopic (exact) mass is 354 g/mol. The average Bonchev–Trinajstić information content (AvgIpc) is 3.13. The van der Waals surface area contributed by atoms with Gasteiger partial charge in [-0.1, -0.05) is 12.1 Å². The minimum Gasteiger partial charge on any atom is -0.495 e. The lowest BCUT2D eigenvalue weighted by Crippen LogP contribution is -2.22. The van der Waals surface area contributed by atoms with Crippen LogP contribution in [0.25, 0.3) is 0 Å². The summed E-state index contributed by atoms with van der Waals surface area (Å²) in [5, 5.41) is 6.04. The van der Waals surface area contributed by atoms with Crippen molar-refractivity contribution < 1.29 is 14.3 Å². The molecular weight excluding hydrogens is 328 g/mol. The summed E-state index contributed by atoms with van der Waals surface area (Å²) >= 11 is 0. The maximum absolute atomic E-state index is 12.3. The third-order valence-electron chi connectivity index (χ3n) is 4.52. The number of anilines is 2. The summed E-state index contributed by atoms with van der Waals surface area (Å²) in [6, 6.07) is 13.5. The van der Waals surface area contributed by atoms with Crippen molar-refractivity contribution in [2.75, 3.05) is 24.3 Å². The highest BCUT2D eigenvalue weighted by Crippen LogP contribution is 2.26. The van der Waals surface area contributed by atoms with E-state index in [0.717, 1.165) is 29.8 Å². The van der Waals surface area contributed by atoms with E-state index < -0.39 is 0 Å². The second kappa shape index (κ2) is 8.61. The fourth-order valence-corrected chi connectivity index (χ4v) is 3.17. The maximum atomic E-state index is 12.3. The van der Waals surface area contributed by atoms with Crippen LogP contribution in [0.5, 0.6) is 11.5 Å². The molecule has 3 rings (SSSR count). The first kappa shape index (κ1) is 18.1. The van der Waals surface area contributed by atoms with Crippen LogP contribution >= 0.6 is 0 Å². The third kappa shape index (κ3) is 4.91. The van der Waals surface area contributed by atoms with Crippen molar-refractivity contribution in [1.29, 1.82) is 0 Å². The molecule has 2 aromatic carbocycles. The zero-order valence-corrected chi connectivity index (χ0v) is 15.4. The van der Waals surface area contributed by atoms with Crippen LogP contribution in [0.2, 0.25) is 0 Å². The molecule has 0 spiro atoms. The molecule has 0 aliphatic heterocycles. The summed E-state index contributed by atoms with van der Waals surface area (Å²) in [6.45, 7) is 2.15. The van der Waals surface area contributed by atoms with Crippen LogP contribution < -0.4 is 20.1 Å². The number of amides is 1. The summed E-state index contributed by atoms with van der Waals surface area (Å²) in [4.78, 5) is 12.3. The van der Waals surface area contributed by atoms with Gasteiger partial charge in [0.15, 0.2) is 0 Å². The lowest BCUT2D eigenvalue weighted by Gasteiger charge is -2.15. The topological polar surface area (TPSA) is 59.6 Å². The number of rotatable bonds is 7. The average molecular weight is 354 g/mol. The van der Waals surface area contributed by atoms with E-state index in [1.165, 1.54) is 12.8 Å². The first-order chi connectivity index (χ1) is 12.6. The van der Waals surface area contributed by atoms with E-state index in [2.05, 4.69) is 10.6 Å². The smallest absolute Gasteiger partial charge is 0.243 e. The fourth-order valence-electron chi connectivity index (χ4n) is 3.17. The molecule has 138 valence electrons. The second-order valence-corrected chi connectivity index (χ2v) is 6.66. The fraction of sp³-hybridized carbons (Fsp3) is 0.381. The van der Waals surface area contributed by atoms with Gasteiger partial charge in [0.25, 0.3) is 0 Å². The lowest BCUT2D eigenvalue weighted by atomic mass is 10.2.